The van der Waals surface area contributed by atoms with E-state index < -0.39 is 5.60 Å². The van der Waals surface area contributed by atoms with Crippen molar-refractivity contribution in [1.29, 1.82) is 0 Å². The highest BCUT2D eigenvalue weighted by Crippen LogP contribution is 2.44. The molecule has 1 aliphatic rings. The number of pyridine rings is 1. The van der Waals surface area contributed by atoms with E-state index in [2.05, 4.69) is 4.98 Å². The molecule has 1 saturated carbocycles. The molecule has 1 atom stereocenters. The highest BCUT2D eigenvalue weighted by molar-refractivity contribution is 5.16. The van der Waals surface area contributed by atoms with E-state index in [1.165, 1.54) is 6.07 Å². The highest BCUT2D eigenvalue weighted by atomic mass is 19.1. The largest absolute Gasteiger partial charge is 0.384 e. The maximum atomic E-state index is 12.5. The van der Waals surface area contributed by atoms with Gasteiger partial charge >= 0.3 is 0 Å². The van der Waals surface area contributed by atoms with Gasteiger partial charge in [-0.25, -0.2) is 4.39 Å². The van der Waals surface area contributed by atoms with Gasteiger partial charge in [0, 0.05) is 0 Å². The maximum Gasteiger partial charge on any atom is 0.141 e. The molecule has 1 fully saturated rings. The Hall–Kier alpha value is -0.960. The van der Waals surface area contributed by atoms with Crippen LogP contribution in [0.5, 0.6) is 0 Å². The van der Waals surface area contributed by atoms with Gasteiger partial charge in [0.25, 0.3) is 0 Å². The molecule has 2 nitrogen and oxygen atoms in total. The topological polar surface area (TPSA) is 33.1 Å². The molecule has 0 aromatic carbocycles. The number of hydrogen-bond donors (Lipinski definition) is 1. The summed E-state index contributed by atoms with van der Waals surface area (Å²) in [4.78, 5) is 3.89. The fourth-order valence-corrected chi connectivity index (χ4v) is 1.53. The average Bonchev–Trinajstić information content (AvgIpc) is 2.87. The molecule has 0 spiro atoms. The van der Waals surface area contributed by atoms with Crippen LogP contribution in [-0.4, -0.2) is 10.1 Å². The molecule has 13 heavy (non-hydrogen) atoms. The molecular weight excluding hydrogens is 169 g/mol. The van der Waals surface area contributed by atoms with Gasteiger partial charge in [0.05, 0.1) is 11.9 Å². The van der Waals surface area contributed by atoms with Gasteiger partial charge in [-0.3, -0.25) is 4.98 Å². The third kappa shape index (κ3) is 1.56. The minimum Gasteiger partial charge on any atom is -0.384 e. The van der Waals surface area contributed by atoms with E-state index in [9.17, 15) is 9.50 Å². The summed E-state index contributed by atoms with van der Waals surface area (Å²) in [5.74, 6) is -0.0687. The lowest BCUT2D eigenvalue weighted by Crippen LogP contribution is -2.25. The zero-order valence-electron chi connectivity index (χ0n) is 7.50. The summed E-state index contributed by atoms with van der Waals surface area (Å²) in [5.41, 5.74) is -0.315. The molecule has 1 aromatic rings. The number of halogens is 1. The first-order valence-corrected chi connectivity index (χ1v) is 4.45. The molecule has 0 bridgehead atoms. The third-order valence-corrected chi connectivity index (χ3v) is 2.62. The van der Waals surface area contributed by atoms with Crippen LogP contribution in [0.2, 0.25) is 0 Å². The smallest absolute Gasteiger partial charge is 0.141 e. The van der Waals surface area contributed by atoms with Gasteiger partial charge in [0.1, 0.15) is 11.4 Å². The molecule has 1 N–H and O–H groups in total. The lowest BCUT2D eigenvalue weighted by molar-refractivity contribution is 0.0285. The molecule has 1 unspecified atom stereocenters. The summed E-state index contributed by atoms with van der Waals surface area (Å²) in [6, 6.07) is 2.88. The molecule has 0 saturated heterocycles. The van der Waals surface area contributed by atoms with Crippen molar-refractivity contribution in [2.75, 3.05) is 0 Å². The summed E-state index contributed by atoms with van der Waals surface area (Å²) in [6.07, 6.45) is 3.21. The molecule has 1 aromatic heterocycles. The SMILES string of the molecule is CC(O)(c1ccc(F)cn1)C1CC1. The van der Waals surface area contributed by atoms with Crippen molar-refractivity contribution in [1.82, 2.24) is 4.98 Å². The summed E-state index contributed by atoms with van der Waals surface area (Å²) in [6.45, 7) is 1.74. The van der Waals surface area contributed by atoms with Crippen molar-refractivity contribution in [3.05, 3.63) is 29.8 Å². The summed E-state index contributed by atoms with van der Waals surface area (Å²) < 4.78 is 12.5. The van der Waals surface area contributed by atoms with Crippen LogP contribution in [0.3, 0.4) is 0 Å². The Balaban J connectivity index is 2.28. The van der Waals surface area contributed by atoms with E-state index in [0.29, 0.717) is 11.6 Å². The van der Waals surface area contributed by atoms with Crippen LogP contribution in [0.15, 0.2) is 18.3 Å². The van der Waals surface area contributed by atoms with Crippen molar-refractivity contribution >= 4 is 0 Å². The van der Waals surface area contributed by atoms with Crippen molar-refractivity contribution in [3.63, 3.8) is 0 Å². The fourth-order valence-electron chi connectivity index (χ4n) is 1.53. The third-order valence-electron chi connectivity index (χ3n) is 2.62. The molecule has 0 amide bonds. The van der Waals surface area contributed by atoms with Crippen LogP contribution in [0.1, 0.15) is 25.5 Å². The van der Waals surface area contributed by atoms with E-state index >= 15 is 0 Å². The van der Waals surface area contributed by atoms with Gasteiger partial charge in [0.2, 0.25) is 0 Å². The average molecular weight is 181 g/mol. The summed E-state index contributed by atoms with van der Waals surface area (Å²) in [7, 11) is 0. The Bertz CT molecular complexity index is 303. The quantitative estimate of drug-likeness (QED) is 0.755. The molecule has 1 heterocycles. The Labute approximate surface area is 76.4 Å². The minimum atomic E-state index is -0.881. The van der Waals surface area contributed by atoms with Crippen LogP contribution in [0.25, 0.3) is 0 Å². The number of aromatic nitrogens is 1. The normalized spacial score (nSPS) is 21.2. The van der Waals surface area contributed by atoms with Gasteiger partial charge in [-0.15, -0.1) is 0 Å². The molecule has 70 valence electrons. The van der Waals surface area contributed by atoms with E-state index in [4.69, 9.17) is 0 Å². The number of hydrogen-bond acceptors (Lipinski definition) is 2. The van der Waals surface area contributed by atoms with Crippen molar-refractivity contribution in [3.8, 4) is 0 Å². The van der Waals surface area contributed by atoms with Crippen LogP contribution in [0, 0.1) is 11.7 Å². The Morgan fingerprint density at radius 2 is 2.23 bits per heavy atom. The maximum absolute atomic E-state index is 12.5. The number of rotatable bonds is 2. The first-order chi connectivity index (χ1) is 6.10. The lowest BCUT2D eigenvalue weighted by atomic mass is 9.96. The van der Waals surface area contributed by atoms with Gasteiger partial charge in [0.15, 0.2) is 0 Å². The van der Waals surface area contributed by atoms with Gasteiger partial charge in [-0.05, 0) is 37.8 Å². The summed E-state index contributed by atoms with van der Waals surface area (Å²) in [5, 5.41) is 10.0. The van der Waals surface area contributed by atoms with E-state index in [0.717, 1.165) is 19.0 Å². The molecule has 0 aliphatic heterocycles. The number of nitrogens with zero attached hydrogens (tertiary/aromatic N) is 1. The Kier molecular flexibility index (Phi) is 1.84. The van der Waals surface area contributed by atoms with Crippen LogP contribution in [-0.2, 0) is 5.60 Å². The van der Waals surface area contributed by atoms with Crippen LogP contribution in [0.4, 0.5) is 4.39 Å². The van der Waals surface area contributed by atoms with Gasteiger partial charge in [-0.1, -0.05) is 0 Å². The van der Waals surface area contributed by atoms with Crippen molar-refractivity contribution in [2.45, 2.75) is 25.4 Å². The second-order valence-electron chi connectivity index (χ2n) is 3.78. The predicted molar refractivity (Wildman–Crippen MR) is 46.5 cm³/mol. The first kappa shape index (κ1) is 8.63. The van der Waals surface area contributed by atoms with Gasteiger partial charge < -0.3 is 5.11 Å². The van der Waals surface area contributed by atoms with E-state index in [1.54, 1.807) is 13.0 Å². The van der Waals surface area contributed by atoms with Gasteiger partial charge in [-0.2, -0.15) is 0 Å². The Morgan fingerprint density at radius 1 is 1.54 bits per heavy atom. The first-order valence-electron chi connectivity index (χ1n) is 4.45. The standard InChI is InChI=1S/C10H12FNO/c1-10(13,7-2-3-7)9-5-4-8(11)6-12-9/h4-7,13H,2-3H2,1H3. The second kappa shape index (κ2) is 2.77. The Morgan fingerprint density at radius 3 is 2.69 bits per heavy atom. The van der Waals surface area contributed by atoms with Crippen molar-refractivity contribution < 1.29 is 9.50 Å². The van der Waals surface area contributed by atoms with Crippen LogP contribution < -0.4 is 0 Å². The molecule has 3 heteroatoms. The highest BCUT2D eigenvalue weighted by Gasteiger charge is 2.42. The second-order valence-corrected chi connectivity index (χ2v) is 3.78. The molecule has 2 rings (SSSR count). The van der Waals surface area contributed by atoms with E-state index in [1.807, 2.05) is 0 Å². The molecule has 0 radical (unpaired) electrons. The fraction of sp³-hybridized carbons (Fsp3) is 0.500. The molecular formula is C10H12FNO. The monoisotopic (exact) mass is 181 g/mol. The minimum absolute atomic E-state index is 0.297. The van der Waals surface area contributed by atoms with E-state index in [-0.39, 0.29) is 5.82 Å². The van der Waals surface area contributed by atoms with Crippen molar-refractivity contribution in [2.24, 2.45) is 5.92 Å². The molecule has 1 aliphatic carbocycles. The lowest BCUT2D eigenvalue weighted by Gasteiger charge is -2.21. The summed E-state index contributed by atoms with van der Waals surface area (Å²) >= 11 is 0. The number of aliphatic hydroxyl groups is 1. The van der Waals surface area contributed by atoms with Crippen LogP contribution >= 0.6 is 0 Å². The predicted octanol–water partition coefficient (Wildman–Crippen LogP) is 1.84. The zero-order chi connectivity index (χ0) is 9.47. The zero-order valence-corrected chi connectivity index (χ0v) is 7.50.